The third-order valence-electron chi connectivity index (χ3n) is 4.33. The molecule has 6 heteroatoms. The van der Waals surface area contributed by atoms with Crippen LogP contribution in [0.15, 0.2) is 0 Å². The van der Waals surface area contributed by atoms with Crippen molar-refractivity contribution in [3.63, 3.8) is 0 Å². The largest absolute Gasteiger partial charge is 0.298 e. The predicted octanol–water partition coefficient (Wildman–Crippen LogP) is 2.80. The highest BCUT2D eigenvalue weighted by Gasteiger charge is 2.19. The maximum Gasteiger partial charge on any atom is 0.154 e. The zero-order valence-electron chi connectivity index (χ0n) is 16.3. The van der Waals surface area contributed by atoms with Crippen LogP contribution in [0.25, 0.3) is 0 Å². The van der Waals surface area contributed by atoms with E-state index in [1.54, 1.807) is 0 Å². The van der Waals surface area contributed by atoms with Gasteiger partial charge in [-0.1, -0.05) is 13.8 Å². The molecular formula is C17H36N6. The number of tetrazole rings is 1. The molecule has 1 fully saturated rings. The number of hydrogen-bond donors (Lipinski definition) is 0. The van der Waals surface area contributed by atoms with E-state index in [9.17, 15) is 0 Å². The maximum atomic E-state index is 3.94. The van der Waals surface area contributed by atoms with Crippen molar-refractivity contribution in [2.75, 3.05) is 26.2 Å². The summed E-state index contributed by atoms with van der Waals surface area (Å²) in [5, 5.41) is 11.5. The minimum absolute atomic E-state index is 0.349. The van der Waals surface area contributed by atoms with Crippen LogP contribution in [0.5, 0.6) is 0 Å². The van der Waals surface area contributed by atoms with Crippen molar-refractivity contribution < 1.29 is 0 Å². The molecule has 0 radical (unpaired) electrons. The van der Waals surface area contributed by atoms with Crippen LogP contribution in [-0.4, -0.2) is 68.3 Å². The van der Waals surface area contributed by atoms with E-state index < -0.39 is 0 Å². The van der Waals surface area contributed by atoms with Gasteiger partial charge < -0.3 is 0 Å². The molecule has 0 aromatic carbocycles. The fourth-order valence-electron chi connectivity index (χ4n) is 2.72. The molecule has 0 atom stereocenters. The van der Waals surface area contributed by atoms with Crippen molar-refractivity contribution in [2.24, 2.45) is 0 Å². The fraction of sp³-hybridized carbons (Fsp3) is 0.941. The van der Waals surface area contributed by atoms with E-state index in [2.05, 4.69) is 80.7 Å². The Kier molecular flexibility index (Phi) is 8.12. The number of hydrogen-bond acceptors (Lipinski definition) is 5. The van der Waals surface area contributed by atoms with Gasteiger partial charge in [0.25, 0.3) is 0 Å². The molecule has 0 bridgehead atoms. The second kappa shape index (κ2) is 9.33. The molecule has 1 aromatic rings. The lowest BCUT2D eigenvalue weighted by Gasteiger charge is -2.38. The molecule has 0 saturated carbocycles. The molecule has 1 aliphatic rings. The lowest BCUT2D eigenvalue weighted by atomic mass is 10.2. The summed E-state index contributed by atoms with van der Waals surface area (Å²) in [5.41, 5.74) is 0. The van der Waals surface area contributed by atoms with Gasteiger partial charge in [-0.3, -0.25) is 9.80 Å². The second-order valence-electron chi connectivity index (χ2n) is 7.49. The zero-order valence-corrected chi connectivity index (χ0v) is 16.3. The second-order valence-corrected chi connectivity index (χ2v) is 7.49. The summed E-state index contributed by atoms with van der Waals surface area (Å²) in [7, 11) is 0. The predicted molar refractivity (Wildman–Crippen MR) is 95.7 cm³/mol. The summed E-state index contributed by atoms with van der Waals surface area (Å²) in [6, 6.07) is 1.79. The van der Waals surface area contributed by atoms with Crippen molar-refractivity contribution in [2.45, 2.75) is 79.4 Å². The van der Waals surface area contributed by atoms with Crippen molar-refractivity contribution in [3.8, 4) is 0 Å². The number of nitrogens with zero attached hydrogens (tertiary/aromatic N) is 6. The Bertz CT molecular complexity index is 392. The van der Waals surface area contributed by atoms with Gasteiger partial charge >= 0.3 is 0 Å². The topological polar surface area (TPSA) is 50.1 Å². The molecule has 0 unspecified atom stereocenters. The summed E-state index contributed by atoms with van der Waals surface area (Å²) in [6.07, 6.45) is 0. The molecule has 2 heterocycles. The van der Waals surface area contributed by atoms with Gasteiger partial charge in [0.2, 0.25) is 0 Å². The molecule has 134 valence electrons. The van der Waals surface area contributed by atoms with Gasteiger partial charge in [0.05, 0.1) is 6.04 Å². The number of piperazine rings is 1. The minimum Gasteiger partial charge on any atom is -0.298 e. The average molecular weight is 325 g/mol. The van der Waals surface area contributed by atoms with E-state index in [0.717, 1.165) is 17.9 Å². The monoisotopic (exact) mass is 324 g/mol. The summed E-state index contributed by atoms with van der Waals surface area (Å²) in [5.74, 6) is 1.35. The fourth-order valence-corrected chi connectivity index (χ4v) is 2.72. The molecular weight excluding hydrogens is 288 g/mol. The Morgan fingerprint density at radius 2 is 1.13 bits per heavy atom. The van der Waals surface area contributed by atoms with E-state index in [4.69, 9.17) is 0 Å². The van der Waals surface area contributed by atoms with Crippen LogP contribution in [0.4, 0.5) is 0 Å². The standard InChI is InChI=1S/C10H22N2.C7H14N4/c1-9(2)11-5-7-12(8-6-11)10(3)4;1-5(2)7-8-9-10-11(7)6(3)4/h9-10H,5-8H2,1-4H3;5-6H,1-4H3. The smallest absolute Gasteiger partial charge is 0.154 e. The lowest BCUT2D eigenvalue weighted by Crippen LogP contribution is -2.50. The van der Waals surface area contributed by atoms with Crippen molar-refractivity contribution >= 4 is 0 Å². The third kappa shape index (κ3) is 6.18. The average Bonchev–Trinajstić information content (AvgIpc) is 2.98. The Morgan fingerprint density at radius 1 is 0.696 bits per heavy atom. The first kappa shape index (κ1) is 20.0. The van der Waals surface area contributed by atoms with Crippen LogP contribution in [-0.2, 0) is 0 Å². The van der Waals surface area contributed by atoms with Gasteiger partial charge in [-0.05, 0) is 52.0 Å². The molecule has 2 rings (SSSR count). The highest BCUT2D eigenvalue weighted by molar-refractivity contribution is 4.89. The van der Waals surface area contributed by atoms with Crippen molar-refractivity contribution in [1.29, 1.82) is 0 Å². The van der Waals surface area contributed by atoms with E-state index in [1.807, 2.05) is 4.68 Å². The van der Waals surface area contributed by atoms with Crippen LogP contribution in [0.2, 0.25) is 0 Å². The molecule has 1 saturated heterocycles. The van der Waals surface area contributed by atoms with E-state index in [0.29, 0.717) is 12.0 Å². The summed E-state index contributed by atoms with van der Waals surface area (Å²) in [4.78, 5) is 5.11. The van der Waals surface area contributed by atoms with Gasteiger partial charge in [0, 0.05) is 44.2 Å². The van der Waals surface area contributed by atoms with Crippen LogP contribution < -0.4 is 0 Å². The van der Waals surface area contributed by atoms with Crippen molar-refractivity contribution in [3.05, 3.63) is 5.82 Å². The first-order valence-electron chi connectivity index (χ1n) is 8.99. The molecule has 23 heavy (non-hydrogen) atoms. The molecule has 1 aromatic heterocycles. The van der Waals surface area contributed by atoms with Gasteiger partial charge in [-0.15, -0.1) is 5.10 Å². The Labute approximate surface area is 142 Å². The van der Waals surface area contributed by atoms with Crippen LogP contribution >= 0.6 is 0 Å². The molecule has 0 aliphatic carbocycles. The Hall–Kier alpha value is -1.01. The first-order valence-corrected chi connectivity index (χ1v) is 8.99. The Balaban J connectivity index is 0.000000231. The van der Waals surface area contributed by atoms with Gasteiger partial charge in [0.15, 0.2) is 5.82 Å². The van der Waals surface area contributed by atoms with Crippen LogP contribution in [0, 0.1) is 0 Å². The number of aromatic nitrogens is 4. The molecule has 1 aliphatic heterocycles. The first-order chi connectivity index (χ1) is 10.7. The van der Waals surface area contributed by atoms with Gasteiger partial charge in [0.1, 0.15) is 0 Å². The third-order valence-corrected chi connectivity index (χ3v) is 4.33. The van der Waals surface area contributed by atoms with E-state index in [-0.39, 0.29) is 0 Å². The van der Waals surface area contributed by atoms with Gasteiger partial charge in [-0.2, -0.15) is 0 Å². The SMILES string of the molecule is CC(C)N1CCN(C(C)C)CC1.CC(C)c1nnnn1C(C)C. The lowest BCUT2D eigenvalue weighted by molar-refractivity contribution is 0.0887. The quantitative estimate of drug-likeness (QED) is 0.852. The summed E-state index contributed by atoms with van der Waals surface area (Å²) in [6.45, 7) is 22.4. The molecule has 0 N–H and O–H groups in total. The summed E-state index contributed by atoms with van der Waals surface area (Å²) >= 11 is 0. The molecule has 6 nitrogen and oxygen atoms in total. The van der Waals surface area contributed by atoms with Crippen LogP contribution in [0.1, 0.15) is 73.2 Å². The van der Waals surface area contributed by atoms with Gasteiger partial charge in [-0.25, -0.2) is 4.68 Å². The Morgan fingerprint density at radius 3 is 1.39 bits per heavy atom. The highest BCUT2D eigenvalue weighted by atomic mass is 15.5. The van der Waals surface area contributed by atoms with E-state index >= 15 is 0 Å². The maximum absolute atomic E-state index is 3.94. The number of rotatable bonds is 4. The summed E-state index contributed by atoms with van der Waals surface area (Å²) < 4.78 is 1.85. The minimum atomic E-state index is 0.349. The molecule has 0 spiro atoms. The van der Waals surface area contributed by atoms with Crippen LogP contribution in [0.3, 0.4) is 0 Å². The van der Waals surface area contributed by atoms with Crippen molar-refractivity contribution in [1.82, 2.24) is 30.0 Å². The molecule has 0 amide bonds. The zero-order chi connectivity index (χ0) is 17.6. The normalized spacial score (nSPS) is 17.2. The van der Waals surface area contributed by atoms with E-state index in [1.165, 1.54) is 26.2 Å². The highest BCUT2D eigenvalue weighted by Crippen LogP contribution is 2.13.